The molecule has 5 rings (SSSR count). The van der Waals surface area contributed by atoms with Gasteiger partial charge in [0.2, 0.25) is 5.91 Å². The predicted molar refractivity (Wildman–Crippen MR) is 118 cm³/mol. The molecule has 32 heavy (non-hydrogen) atoms. The van der Waals surface area contributed by atoms with Crippen LogP contribution in [-0.2, 0) is 16.1 Å². The van der Waals surface area contributed by atoms with E-state index >= 15 is 0 Å². The number of hydrogen-bond donors (Lipinski definition) is 2. The number of carbonyl (C=O) groups is 2. The summed E-state index contributed by atoms with van der Waals surface area (Å²) in [5.41, 5.74) is -0.796. The minimum Gasteiger partial charge on any atom is -0.444 e. The smallest absolute Gasteiger partial charge is 0.410 e. The van der Waals surface area contributed by atoms with E-state index in [0.29, 0.717) is 37.9 Å². The lowest BCUT2D eigenvalue weighted by atomic mass is 9.55. The summed E-state index contributed by atoms with van der Waals surface area (Å²) in [5, 5.41) is 19.0. The second kappa shape index (κ2) is 8.80. The van der Waals surface area contributed by atoms with Gasteiger partial charge in [0.05, 0.1) is 18.6 Å². The third-order valence-corrected chi connectivity index (χ3v) is 6.66. The second-order valence-corrected chi connectivity index (χ2v) is 10.4. The van der Waals surface area contributed by atoms with Gasteiger partial charge in [-0.3, -0.25) is 10.1 Å². The van der Waals surface area contributed by atoms with Crippen molar-refractivity contribution in [3.63, 3.8) is 0 Å². The van der Waals surface area contributed by atoms with Crippen molar-refractivity contribution >= 4 is 12.0 Å². The lowest BCUT2D eigenvalue weighted by molar-refractivity contribution is -0.125. The molecule has 2 atom stereocenters. The van der Waals surface area contributed by atoms with Gasteiger partial charge >= 0.3 is 6.09 Å². The molecular weight excluding hydrogens is 410 g/mol. The van der Waals surface area contributed by atoms with E-state index in [9.17, 15) is 9.59 Å². The number of amides is 2. The minimum absolute atomic E-state index is 0.0160. The Balaban J connectivity index is 1.62. The van der Waals surface area contributed by atoms with Crippen LogP contribution in [0, 0.1) is 11.3 Å². The molecule has 1 aliphatic carbocycles. The Labute approximate surface area is 189 Å². The number of allylic oxidation sites excluding steroid dienone is 1. The molecule has 3 saturated heterocycles. The van der Waals surface area contributed by atoms with Crippen LogP contribution in [0.1, 0.15) is 64.7 Å². The Morgan fingerprint density at radius 3 is 2.91 bits per heavy atom. The summed E-state index contributed by atoms with van der Waals surface area (Å²) >= 11 is 0. The van der Waals surface area contributed by atoms with Crippen LogP contribution in [0.5, 0.6) is 0 Å². The number of ether oxygens (including phenoxy) is 1. The van der Waals surface area contributed by atoms with Crippen LogP contribution in [0.2, 0.25) is 0 Å². The van der Waals surface area contributed by atoms with Gasteiger partial charge in [0.1, 0.15) is 5.60 Å². The summed E-state index contributed by atoms with van der Waals surface area (Å²) in [6, 6.07) is -0.575. The largest absolute Gasteiger partial charge is 0.444 e. The highest BCUT2D eigenvalue weighted by molar-refractivity contribution is 5.82. The van der Waals surface area contributed by atoms with Crippen LogP contribution in [-0.4, -0.2) is 68.4 Å². The first-order chi connectivity index (χ1) is 15.2. The average molecular weight is 446 g/mol. The number of nitrogens with zero attached hydrogens (tertiary/aromatic N) is 5. The predicted octanol–water partition coefficient (Wildman–Crippen LogP) is 1.81. The first-order valence-corrected chi connectivity index (χ1v) is 11.6. The fourth-order valence-electron chi connectivity index (χ4n) is 5.39. The van der Waals surface area contributed by atoms with E-state index in [2.05, 4.69) is 32.7 Å². The van der Waals surface area contributed by atoms with E-state index in [0.717, 1.165) is 32.1 Å². The lowest BCUT2D eigenvalue weighted by Crippen LogP contribution is -2.64. The number of aromatic nitrogens is 4. The number of nitrogens with one attached hydrogen (secondary N) is 2. The topological polar surface area (TPSA) is 114 Å². The lowest BCUT2D eigenvalue weighted by Gasteiger charge is -2.59. The fourth-order valence-corrected chi connectivity index (χ4v) is 5.39. The molecule has 0 spiro atoms. The second-order valence-electron chi connectivity index (χ2n) is 10.4. The maximum absolute atomic E-state index is 12.8. The van der Waals surface area contributed by atoms with Gasteiger partial charge in [-0.1, -0.05) is 6.08 Å². The van der Waals surface area contributed by atoms with Gasteiger partial charge in [-0.25, -0.2) is 9.48 Å². The van der Waals surface area contributed by atoms with Crippen LogP contribution in [0.3, 0.4) is 0 Å². The molecule has 4 aliphatic rings. The number of fused-ring (bicyclic) bond motifs is 2. The van der Waals surface area contributed by atoms with E-state index in [1.807, 2.05) is 25.7 Å². The molecule has 0 radical (unpaired) electrons. The SMILES string of the molecule is C=CCn1nnnc1C(N[C@H]1CCCCNC1=O)C12CC(CN(C(=O)OC(C)(C)C)C1)C2. The highest BCUT2D eigenvalue weighted by Crippen LogP contribution is 2.57. The highest BCUT2D eigenvalue weighted by atomic mass is 16.6. The van der Waals surface area contributed by atoms with Crippen molar-refractivity contribution in [2.24, 2.45) is 11.3 Å². The third kappa shape index (κ3) is 4.65. The van der Waals surface area contributed by atoms with Gasteiger partial charge in [0.15, 0.2) is 5.82 Å². The molecule has 0 aromatic carbocycles. The number of rotatable bonds is 6. The molecule has 176 valence electrons. The van der Waals surface area contributed by atoms with Crippen molar-refractivity contribution in [1.29, 1.82) is 0 Å². The molecule has 4 heterocycles. The molecule has 4 fully saturated rings. The van der Waals surface area contributed by atoms with Crippen molar-refractivity contribution in [2.45, 2.75) is 77.1 Å². The van der Waals surface area contributed by atoms with Crippen LogP contribution < -0.4 is 10.6 Å². The van der Waals surface area contributed by atoms with Crippen molar-refractivity contribution in [3.05, 3.63) is 18.5 Å². The molecular formula is C22H35N7O3. The van der Waals surface area contributed by atoms with E-state index in [-0.39, 0.29) is 29.5 Å². The third-order valence-electron chi connectivity index (χ3n) is 6.66. The molecule has 10 nitrogen and oxygen atoms in total. The zero-order chi connectivity index (χ0) is 22.9. The maximum atomic E-state index is 12.8. The normalized spacial score (nSPS) is 28.8. The molecule has 2 N–H and O–H groups in total. The Morgan fingerprint density at radius 1 is 1.41 bits per heavy atom. The van der Waals surface area contributed by atoms with E-state index in [1.165, 1.54) is 0 Å². The van der Waals surface area contributed by atoms with Gasteiger partial charge in [-0.05, 0) is 69.2 Å². The molecule has 1 saturated carbocycles. The van der Waals surface area contributed by atoms with Crippen molar-refractivity contribution in [2.75, 3.05) is 19.6 Å². The van der Waals surface area contributed by atoms with Gasteiger partial charge in [0, 0.05) is 25.0 Å². The zero-order valence-corrected chi connectivity index (χ0v) is 19.3. The average Bonchev–Trinajstić information content (AvgIpc) is 3.06. The summed E-state index contributed by atoms with van der Waals surface area (Å²) in [6.07, 6.45) is 6.09. The van der Waals surface area contributed by atoms with Crippen LogP contribution in [0.25, 0.3) is 0 Å². The number of hydrogen-bond acceptors (Lipinski definition) is 7. The fraction of sp³-hybridized carbons (Fsp3) is 0.773. The monoisotopic (exact) mass is 445 g/mol. The van der Waals surface area contributed by atoms with Crippen molar-refractivity contribution < 1.29 is 14.3 Å². The van der Waals surface area contributed by atoms with E-state index in [4.69, 9.17) is 4.74 Å². The van der Waals surface area contributed by atoms with Crippen molar-refractivity contribution in [3.8, 4) is 0 Å². The first-order valence-electron chi connectivity index (χ1n) is 11.6. The van der Waals surface area contributed by atoms with Gasteiger partial charge < -0.3 is 15.0 Å². The van der Waals surface area contributed by atoms with Crippen molar-refractivity contribution in [1.82, 2.24) is 35.7 Å². The summed E-state index contributed by atoms with van der Waals surface area (Å²) in [4.78, 5) is 27.4. The molecule has 2 amide bonds. The van der Waals surface area contributed by atoms with Gasteiger partial charge in [0.25, 0.3) is 0 Å². The van der Waals surface area contributed by atoms with Crippen LogP contribution in [0.15, 0.2) is 12.7 Å². The Morgan fingerprint density at radius 2 is 2.19 bits per heavy atom. The maximum Gasteiger partial charge on any atom is 0.410 e. The molecule has 10 heteroatoms. The Hall–Kier alpha value is -2.49. The summed E-state index contributed by atoms with van der Waals surface area (Å²) < 4.78 is 7.38. The summed E-state index contributed by atoms with van der Waals surface area (Å²) in [5.74, 6) is 1.11. The molecule has 1 unspecified atom stereocenters. The standard InChI is InChI=1S/C22H35N7O3/c1-5-10-29-18(25-26-27-29)17(24-16-8-6-7-9-23-19(16)30)22-11-15(12-22)13-28(14-22)20(31)32-21(2,3)4/h5,15-17,24H,1,6-14H2,2-4H3,(H,23,30)/t15?,16-,17?,22?/m0/s1. The zero-order valence-electron chi connectivity index (χ0n) is 19.3. The highest BCUT2D eigenvalue weighted by Gasteiger charge is 2.57. The van der Waals surface area contributed by atoms with Crippen LogP contribution in [0.4, 0.5) is 4.79 Å². The Kier molecular flexibility index (Phi) is 6.24. The number of tetrazole rings is 1. The molecule has 2 bridgehead atoms. The quantitative estimate of drug-likeness (QED) is 0.642. The van der Waals surface area contributed by atoms with Gasteiger partial charge in [-0.2, -0.15) is 0 Å². The van der Waals surface area contributed by atoms with Gasteiger partial charge in [-0.15, -0.1) is 11.7 Å². The Bertz CT molecular complexity index is 856. The molecule has 3 aliphatic heterocycles. The summed E-state index contributed by atoms with van der Waals surface area (Å²) in [7, 11) is 0. The van der Waals surface area contributed by atoms with Crippen LogP contribution >= 0.6 is 0 Å². The molecule has 1 aromatic rings. The van der Waals surface area contributed by atoms with E-state index in [1.54, 1.807) is 10.8 Å². The first kappa shape index (κ1) is 22.7. The minimum atomic E-state index is -0.546. The number of piperidine rings is 2. The summed E-state index contributed by atoms with van der Waals surface area (Å²) in [6.45, 7) is 11.9. The molecule has 1 aromatic heterocycles. The number of carbonyl (C=O) groups excluding carboxylic acids is 2. The van der Waals surface area contributed by atoms with E-state index < -0.39 is 5.60 Å².